The molecule has 2 nitrogen and oxygen atoms in total. The highest BCUT2D eigenvalue weighted by Gasteiger charge is 1.94. The van der Waals surface area contributed by atoms with Gasteiger partial charge in [-0.15, -0.1) is 0 Å². The predicted molar refractivity (Wildman–Crippen MR) is 65.7 cm³/mol. The lowest BCUT2D eigenvalue weighted by Gasteiger charge is -2.05. The molecule has 15 heavy (non-hydrogen) atoms. The van der Waals surface area contributed by atoms with Crippen molar-refractivity contribution in [1.82, 2.24) is 4.98 Å². The number of nitrogens with zero attached hydrogens (tertiary/aromatic N) is 1. The molecule has 1 N–H and O–H groups in total. The van der Waals surface area contributed by atoms with Crippen molar-refractivity contribution < 1.29 is 0 Å². The molecule has 0 aliphatic carbocycles. The second kappa shape index (κ2) is 4.94. The van der Waals surface area contributed by atoms with E-state index in [1.54, 1.807) is 12.4 Å². The molecule has 2 rings (SSSR count). The summed E-state index contributed by atoms with van der Waals surface area (Å²) >= 11 is 3.45. The molecule has 0 bridgehead atoms. The van der Waals surface area contributed by atoms with E-state index >= 15 is 0 Å². The highest BCUT2D eigenvalue weighted by Crippen LogP contribution is 2.13. The van der Waals surface area contributed by atoms with Crippen LogP contribution in [0.5, 0.6) is 0 Å². The normalized spacial score (nSPS) is 9.93. The van der Waals surface area contributed by atoms with E-state index in [2.05, 4.69) is 38.4 Å². The number of aromatic nitrogens is 1. The first kappa shape index (κ1) is 10.2. The van der Waals surface area contributed by atoms with Crippen molar-refractivity contribution in [3.05, 3.63) is 58.8 Å². The fourth-order valence-corrected chi connectivity index (χ4v) is 1.77. The zero-order chi connectivity index (χ0) is 10.5. The van der Waals surface area contributed by atoms with E-state index in [0.29, 0.717) is 0 Å². The third-order valence-corrected chi connectivity index (χ3v) is 2.56. The van der Waals surface area contributed by atoms with Gasteiger partial charge in [-0.25, -0.2) is 0 Å². The number of benzene rings is 1. The molecule has 76 valence electrons. The molecule has 2 aromatic rings. The van der Waals surface area contributed by atoms with Gasteiger partial charge in [-0.2, -0.15) is 0 Å². The lowest BCUT2D eigenvalue weighted by atomic mass is 10.2. The standard InChI is InChI=1S/C12H11BrN2/c13-11-3-1-2-10(8-11)9-15-12-4-6-14-7-5-12/h1-8H,9H2,(H,14,15). The molecule has 1 aromatic carbocycles. The monoisotopic (exact) mass is 262 g/mol. The SMILES string of the molecule is Brc1cccc(CNc2ccncc2)c1. The number of hydrogen-bond acceptors (Lipinski definition) is 2. The molecule has 0 aliphatic rings. The van der Waals surface area contributed by atoms with E-state index in [1.165, 1.54) is 5.56 Å². The van der Waals surface area contributed by atoms with Gasteiger partial charge in [0.15, 0.2) is 0 Å². The zero-order valence-electron chi connectivity index (χ0n) is 8.15. The number of pyridine rings is 1. The molecule has 0 aliphatic heterocycles. The fourth-order valence-electron chi connectivity index (χ4n) is 1.32. The van der Waals surface area contributed by atoms with Gasteiger partial charge < -0.3 is 5.32 Å². The molecule has 0 saturated heterocycles. The van der Waals surface area contributed by atoms with Crippen LogP contribution in [0.4, 0.5) is 5.69 Å². The minimum absolute atomic E-state index is 0.823. The summed E-state index contributed by atoms with van der Waals surface area (Å²) in [5.41, 5.74) is 2.34. The molecule has 3 heteroatoms. The van der Waals surface area contributed by atoms with Crippen LogP contribution in [0.3, 0.4) is 0 Å². The predicted octanol–water partition coefficient (Wildman–Crippen LogP) is 3.46. The van der Waals surface area contributed by atoms with E-state index in [1.807, 2.05) is 24.3 Å². The Labute approximate surface area is 97.5 Å². The van der Waals surface area contributed by atoms with Gasteiger partial charge in [0.25, 0.3) is 0 Å². The van der Waals surface area contributed by atoms with Gasteiger partial charge in [0.05, 0.1) is 0 Å². The van der Waals surface area contributed by atoms with Crippen LogP contribution in [0.15, 0.2) is 53.3 Å². The van der Waals surface area contributed by atoms with Gasteiger partial charge in [0, 0.05) is 29.1 Å². The van der Waals surface area contributed by atoms with Gasteiger partial charge in [0.2, 0.25) is 0 Å². The largest absolute Gasteiger partial charge is 0.381 e. The van der Waals surface area contributed by atoms with Crippen molar-refractivity contribution in [1.29, 1.82) is 0 Å². The van der Waals surface area contributed by atoms with Crippen LogP contribution in [0, 0.1) is 0 Å². The summed E-state index contributed by atoms with van der Waals surface area (Å²) in [6, 6.07) is 12.2. The Hall–Kier alpha value is -1.35. The molecular formula is C12H11BrN2. The summed E-state index contributed by atoms with van der Waals surface area (Å²) in [4.78, 5) is 3.97. The second-order valence-corrected chi connectivity index (χ2v) is 4.14. The first-order valence-corrected chi connectivity index (χ1v) is 5.52. The van der Waals surface area contributed by atoms with Crippen molar-refractivity contribution in [2.24, 2.45) is 0 Å². The van der Waals surface area contributed by atoms with Crippen molar-refractivity contribution in [3.8, 4) is 0 Å². The van der Waals surface area contributed by atoms with Gasteiger partial charge in [0.1, 0.15) is 0 Å². The number of anilines is 1. The Morgan fingerprint density at radius 1 is 1.13 bits per heavy atom. The van der Waals surface area contributed by atoms with Crippen LogP contribution in [0.1, 0.15) is 5.56 Å². The van der Waals surface area contributed by atoms with Crippen molar-refractivity contribution in [2.75, 3.05) is 5.32 Å². The zero-order valence-corrected chi connectivity index (χ0v) is 9.74. The highest BCUT2D eigenvalue weighted by atomic mass is 79.9. The Morgan fingerprint density at radius 3 is 2.67 bits per heavy atom. The van der Waals surface area contributed by atoms with Crippen molar-refractivity contribution in [3.63, 3.8) is 0 Å². The van der Waals surface area contributed by atoms with Crippen LogP contribution in [-0.4, -0.2) is 4.98 Å². The van der Waals surface area contributed by atoms with Gasteiger partial charge in [-0.05, 0) is 29.8 Å². The van der Waals surface area contributed by atoms with E-state index < -0.39 is 0 Å². The molecular weight excluding hydrogens is 252 g/mol. The maximum Gasteiger partial charge on any atom is 0.0401 e. The van der Waals surface area contributed by atoms with Crippen molar-refractivity contribution >= 4 is 21.6 Å². The van der Waals surface area contributed by atoms with E-state index in [-0.39, 0.29) is 0 Å². The summed E-state index contributed by atoms with van der Waals surface area (Å²) in [6.45, 7) is 0.823. The Morgan fingerprint density at radius 2 is 1.93 bits per heavy atom. The van der Waals surface area contributed by atoms with Gasteiger partial charge in [-0.3, -0.25) is 4.98 Å². The minimum Gasteiger partial charge on any atom is -0.381 e. The fraction of sp³-hybridized carbons (Fsp3) is 0.0833. The maximum absolute atomic E-state index is 3.97. The Balaban J connectivity index is 1.99. The Kier molecular flexibility index (Phi) is 3.35. The molecule has 0 saturated carbocycles. The molecule has 1 aromatic heterocycles. The number of rotatable bonds is 3. The smallest absolute Gasteiger partial charge is 0.0401 e. The molecule has 0 atom stereocenters. The van der Waals surface area contributed by atoms with Crippen LogP contribution >= 0.6 is 15.9 Å². The summed E-state index contributed by atoms with van der Waals surface area (Å²) in [5.74, 6) is 0. The quantitative estimate of drug-likeness (QED) is 0.917. The number of nitrogens with one attached hydrogen (secondary N) is 1. The average Bonchev–Trinajstić information content (AvgIpc) is 2.28. The second-order valence-electron chi connectivity index (χ2n) is 3.22. The van der Waals surface area contributed by atoms with Crippen LogP contribution < -0.4 is 5.32 Å². The van der Waals surface area contributed by atoms with E-state index in [0.717, 1.165) is 16.7 Å². The van der Waals surface area contributed by atoms with Gasteiger partial charge >= 0.3 is 0 Å². The topological polar surface area (TPSA) is 24.9 Å². The average molecular weight is 263 g/mol. The summed E-state index contributed by atoms with van der Waals surface area (Å²) in [7, 11) is 0. The summed E-state index contributed by atoms with van der Waals surface area (Å²) in [6.07, 6.45) is 3.56. The van der Waals surface area contributed by atoms with E-state index in [4.69, 9.17) is 0 Å². The maximum atomic E-state index is 3.97. The highest BCUT2D eigenvalue weighted by molar-refractivity contribution is 9.10. The lowest BCUT2D eigenvalue weighted by molar-refractivity contribution is 1.14. The summed E-state index contributed by atoms with van der Waals surface area (Å²) in [5, 5.41) is 3.33. The van der Waals surface area contributed by atoms with Crippen LogP contribution in [0.25, 0.3) is 0 Å². The first-order valence-electron chi connectivity index (χ1n) is 4.73. The van der Waals surface area contributed by atoms with Crippen LogP contribution in [0.2, 0.25) is 0 Å². The Bertz CT molecular complexity index is 429. The molecule has 0 spiro atoms. The molecule has 1 heterocycles. The molecule has 0 fully saturated rings. The molecule has 0 radical (unpaired) electrons. The van der Waals surface area contributed by atoms with Crippen LogP contribution in [-0.2, 0) is 6.54 Å². The molecule has 0 unspecified atom stereocenters. The molecule has 0 amide bonds. The summed E-state index contributed by atoms with van der Waals surface area (Å²) < 4.78 is 1.11. The first-order chi connectivity index (χ1) is 7.34. The van der Waals surface area contributed by atoms with Gasteiger partial charge in [-0.1, -0.05) is 28.1 Å². The third-order valence-electron chi connectivity index (χ3n) is 2.07. The number of hydrogen-bond donors (Lipinski definition) is 1. The number of halogens is 1. The van der Waals surface area contributed by atoms with E-state index in [9.17, 15) is 0 Å². The van der Waals surface area contributed by atoms with Crippen molar-refractivity contribution in [2.45, 2.75) is 6.54 Å². The lowest BCUT2D eigenvalue weighted by Crippen LogP contribution is -1.98. The third kappa shape index (κ3) is 3.06. The minimum atomic E-state index is 0.823.